The molecule has 0 heterocycles. The number of rotatable bonds is 5. The first kappa shape index (κ1) is 17.5. The highest BCUT2D eigenvalue weighted by molar-refractivity contribution is 5.95. The highest BCUT2D eigenvalue weighted by Crippen LogP contribution is 2.08. The van der Waals surface area contributed by atoms with Crippen LogP contribution in [0.15, 0.2) is 24.3 Å². The van der Waals surface area contributed by atoms with E-state index in [1.807, 2.05) is 0 Å². The number of hydrogen-bond donors (Lipinski definition) is 3. The molecule has 0 fully saturated rings. The van der Waals surface area contributed by atoms with Crippen molar-refractivity contribution in [2.75, 3.05) is 6.54 Å². The fraction of sp³-hybridized carbons (Fsp3) is 0.400. The van der Waals surface area contributed by atoms with Gasteiger partial charge in [-0.25, -0.2) is 4.79 Å². The zero-order valence-electron chi connectivity index (χ0n) is 12.8. The molecule has 22 heavy (non-hydrogen) atoms. The summed E-state index contributed by atoms with van der Waals surface area (Å²) in [5, 5.41) is 13.4. The number of amides is 2. The Labute approximate surface area is 128 Å². The maximum Gasteiger partial charge on any atom is 0.407 e. The minimum absolute atomic E-state index is 0.270. The van der Waals surface area contributed by atoms with E-state index in [0.29, 0.717) is 5.56 Å². The lowest BCUT2D eigenvalue weighted by atomic mass is 10.1. The Bertz CT molecular complexity index is 546. The number of alkyl carbamates (subject to hydrolysis) is 1. The van der Waals surface area contributed by atoms with E-state index >= 15 is 0 Å². The van der Waals surface area contributed by atoms with Gasteiger partial charge < -0.3 is 20.5 Å². The molecule has 1 aromatic rings. The molecule has 0 aliphatic carbocycles. The number of carbonyl (C=O) groups is 3. The molecule has 2 amide bonds. The highest BCUT2D eigenvalue weighted by atomic mass is 16.6. The summed E-state index contributed by atoms with van der Waals surface area (Å²) < 4.78 is 5.11. The second-order valence-electron chi connectivity index (χ2n) is 5.63. The summed E-state index contributed by atoms with van der Waals surface area (Å²) in [6.07, 6.45) is -0.518. The Balaban J connectivity index is 2.50. The maximum absolute atomic E-state index is 11.6. The van der Waals surface area contributed by atoms with Gasteiger partial charge in [-0.3, -0.25) is 9.59 Å². The van der Waals surface area contributed by atoms with Crippen molar-refractivity contribution in [3.8, 4) is 0 Å². The third kappa shape index (κ3) is 6.74. The third-order valence-corrected chi connectivity index (χ3v) is 2.45. The van der Waals surface area contributed by atoms with Crippen LogP contribution < -0.4 is 10.6 Å². The number of aliphatic carboxylic acids is 1. The van der Waals surface area contributed by atoms with Crippen LogP contribution >= 0.6 is 0 Å². The minimum Gasteiger partial charge on any atom is -0.480 e. The Hall–Kier alpha value is -2.57. The van der Waals surface area contributed by atoms with Crippen LogP contribution in [0.1, 0.15) is 36.7 Å². The largest absolute Gasteiger partial charge is 0.480 e. The van der Waals surface area contributed by atoms with Crippen molar-refractivity contribution < 1.29 is 24.2 Å². The second-order valence-corrected chi connectivity index (χ2v) is 5.63. The van der Waals surface area contributed by atoms with Gasteiger partial charge >= 0.3 is 12.1 Å². The first-order valence-corrected chi connectivity index (χ1v) is 6.73. The summed E-state index contributed by atoms with van der Waals surface area (Å²) in [6.45, 7) is 5.16. The Kier molecular flexibility index (Phi) is 5.91. The summed E-state index contributed by atoms with van der Waals surface area (Å²) in [5.41, 5.74) is 0.582. The van der Waals surface area contributed by atoms with Crippen molar-refractivity contribution in [2.45, 2.75) is 32.9 Å². The molecule has 120 valence electrons. The van der Waals surface area contributed by atoms with Gasteiger partial charge in [0.15, 0.2) is 0 Å². The van der Waals surface area contributed by atoms with Crippen LogP contribution in [-0.2, 0) is 16.1 Å². The van der Waals surface area contributed by atoms with Gasteiger partial charge in [-0.2, -0.15) is 0 Å². The molecule has 0 spiro atoms. The minimum atomic E-state index is -1.11. The van der Waals surface area contributed by atoms with Crippen LogP contribution in [0, 0.1) is 0 Å². The lowest BCUT2D eigenvalue weighted by Gasteiger charge is -2.19. The van der Waals surface area contributed by atoms with E-state index in [0.717, 1.165) is 5.56 Å². The molecule has 7 heteroatoms. The maximum atomic E-state index is 11.6. The molecule has 0 atom stereocenters. The summed E-state index contributed by atoms with van der Waals surface area (Å²) in [4.78, 5) is 33.5. The molecule has 0 aliphatic heterocycles. The van der Waals surface area contributed by atoms with Gasteiger partial charge in [0, 0.05) is 12.1 Å². The SMILES string of the molecule is CC(C)(C)OC(=O)NCc1ccc(C(=O)NCC(=O)O)cc1. The quantitative estimate of drug-likeness (QED) is 0.765. The highest BCUT2D eigenvalue weighted by Gasteiger charge is 2.15. The molecule has 0 bridgehead atoms. The molecule has 0 aromatic heterocycles. The second kappa shape index (κ2) is 7.44. The Morgan fingerprint density at radius 3 is 2.18 bits per heavy atom. The summed E-state index contributed by atoms with van der Waals surface area (Å²) in [6, 6.07) is 6.46. The van der Waals surface area contributed by atoms with E-state index in [-0.39, 0.29) is 6.54 Å². The smallest absolute Gasteiger partial charge is 0.407 e. The summed E-state index contributed by atoms with van der Waals surface area (Å²) in [7, 11) is 0. The van der Waals surface area contributed by atoms with Crippen LogP contribution in [0.25, 0.3) is 0 Å². The van der Waals surface area contributed by atoms with E-state index < -0.39 is 30.1 Å². The summed E-state index contributed by atoms with van der Waals surface area (Å²) >= 11 is 0. The number of nitrogens with one attached hydrogen (secondary N) is 2. The number of benzene rings is 1. The van der Waals surface area contributed by atoms with Gasteiger partial charge in [0.25, 0.3) is 5.91 Å². The lowest BCUT2D eigenvalue weighted by Crippen LogP contribution is -2.32. The number of ether oxygens (including phenoxy) is 1. The number of carboxylic acids is 1. The van der Waals surface area contributed by atoms with Crippen molar-refractivity contribution >= 4 is 18.0 Å². The van der Waals surface area contributed by atoms with E-state index in [2.05, 4.69) is 10.6 Å². The van der Waals surface area contributed by atoms with Gasteiger partial charge in [0.05, 0.1) is 0 Å². The van der Waals surface area contributed by atoms with Gasteiger partial charge in [0.2, 0.25) is 0 Å². The molecule has 7 nitrogen and oxygen atoms in total. The lowest BCUT2D eigenvalue weighted by molar-refractivity contribution is -0.135. The molecule has 3 N–H and O–H groups in total. The Morgan fingerprint density at radius 2 is 1.68 bits per heavy atom. The number of hydrogen-bond acceptors (Lipinski definition) is 4. The molecule has 0 aliphatic rings. The van der Waals surface area contributed by atoms with E-state index in [1.165, 1.54) is 0 Å². The Morgan fingerprint density at radius 1 is 1.09 bits per heavy atom. The molecule has 0 saturated heterocycles. The predicted molar refractivity (Wildman–Crippen MR) is 79.5 cm³/mol. The standard InChI is InChI=1S/C15H20N2O5/c1-15(2,3)22-14(21)17-8-10-4-6-11(7-5-10)13(20)16-9-12(18)19/h4-7H,8-9H2,1-3H3,(H,16,20)(H,17,21)(H,18,19). The predicted octanol–water partition coefficient (Wildman–Crippen LogP) is 1.53. The van der Waals surface area contributed by atoms with Crippen molar-refractivity contribution in [3.63, 3.8) is 0 Å². The van der Waals surface area contributed by atoms with Crippen LogP contribution in [0.2, 0.25) is 0 Å². The molecule has 0 saturated carbocycles. The van der Waals surface area contributed by atoms with Crippen LogP contribution in [0.5, 0.6) is 0 Å². The fourth-order valence-corrected chi connectivity index (χ4v) is 1.52. The zero-order valence-corrected chi connectivity index (χ0v) is 12.8. The number of carbonyl (C=O) groups excluding carboxylic acids is 2. The monoisotopic (exact) mass is 308 g/mol. The third-order valence-electron chi connectivity index (χ3n) is 2.45. The van der Waals surface area contributed by atoms with Gasteiger partial charge in [-0.05, 0) is 38.5 Å². The van der Waals surface area contributed by atoms with Crippen LogP contribution in [0.4, 0.5) is 4.79 Å². The van der Waals surface area contributed by atoms with E-state index in [1.54, 1.807) is 45.0 Å². The molecule has 0 unspecified atom stereocenters. The van der Waals surface area contributed by atoms with E-state index in [9.17, 15) is 14.4 Å². The van der Waals surface area contributed by atoms with Crippen molar-refractivity contribution in [1.29, 1.82) is 0 Å². The van der Waals surface area contributed by atoms with Gasteiger partial charge in [0.1, 0.15) is 12.1 Å². The molecule has 0 radical (unpaired) electrons. The van der Waals surface area contributed by atoms with Crippen molar-refractivity contribution in [3.05, 3.63) is 35.4 Å². The van der Waals surface area contributed by atoms with Gasteiger partial charge in [-0.15, -0.1) is 0 Å². The average molecular weight is 308 g/mol. The van der Waals surface area contributed by atoms with Crippen LogP contribution in [0.3, 0.4) is 0 Å². The zero-order chi connectivity index (χ0) is 16.8. The molecular weight excluding hydrogens is 288 g/mol. The van der Waals surface area contributed by atoms with Crippen molar-refractivity contribution in [1.82, 2.24) is 10.6 Å². The van der Waals surface area contributed by atoms with Gasteiger partial charge in [-0.1, -0.05) is 12.1 Å². The molecule has 1 rings (SSSR count). The average Bonchev–Trinajstić information content (AvgIpc) is 2.41. The van der Waals surface area contributed by atoms with Crippen LogP contribution in [-0.4, -0.2) is 35.2 Å². The number of carboxylic acid groups (broad SMARTS) is 1. The first-order chi connectivity index (χ1) is 10.2. The van der Waals surface area contributed by atoms with E-state index in [4.69, 9.17) is 9.84 Å². The fourth-order valence-electron chi connectivity index (χ4n) is 1.52. The normalized spacial score (nSPS) is 10.7. The molecular formula is C15H20N2O5. The first-order valence-electron chi connectivity index (χ1n) is 6.73. The molecule has 1 aromatic carbocycles. The topological polar surface area (TPSA) is 105 Å². The summed E-state index contributed by atoms with van der Waals surface area (Å²) in [5.74, 6) is -1.57. The van der Waals surface area contributed by atoms with Crippen molar-refractivity contribution in [2.24, 2.45) is 0 Å².